The maximum Gasteiger partial charge on any atom is 0.413 e. The van der Waals surface area contributed by atoms with Gasteiger partial charge in [-0.1, -0.05) is 46.8 Å². The lowest BCUT2D eigenvalue weighted by Gasteiger charge is -2.01. The quantitative estimate of drug-likeness (QED) is 0.690. The van der Waals surface area contributed by atoms with Crippen LogP contribution in [0.5, 0.6) is 5.06 Å². The lowest BCUT2D eigenvalue weighted by Crippen LogP contribution is -2.29. The zero-order valence-electron chi connectivity index (χ0n) is 14.0. The van der Waals surface area contributed by atoms with Gasteiger partial charge in [-0.15, -0.1) is 0 Å². The average molecular weight is 371 g/mol. The van der Waals surface area contributed by atoms with Gasteiger partial charge in [-0.2, -0.15) is 0 Å². The predicted octanol–water partition coefficient (Wildman–Crippen LogP) is 3.36. The molecule has 0 saturated carbocycles. The summed E-state index contributed by atoms with van der Waals surface area (Å²) >= 11 is 1.23. The first-order valence-corrected chi connectivity index (χ1v) is 8.71. The van der Waals surface area contributed by atoms with Crippen LogP contribution in [0.2, 0.25) is 0 Å². The second-order valence-corrected chi connectivity index (χ2v) is 6.28. The Morgan fingerprint density at radius 2 is 2.15 bits per heavy atom. The third kappa shape index (κ3) is 4.35. The number of nitrogens with one attached hydrogen (secondary N) is 1. The van der Waals surface area contributed by atoms with Crippen LogP contribution in [0.1, 0.15) is 16.3 Å². The number of thiazole rings is 1. The molecule has 7 nitrogen and oxygen atoms in total. The summed E-state index contributed by atoms with van der Waals surface area (Å²) in [5, 5.41) is 16.2. The van der Waals surface area contributed by atoms with E-state index < -0.39 is 6.09 Å². The number of aliphatic hydroxyl groups excluding tert-OH is 1. The molecule has 26 heavy (non-hydrogen) atoms. The van der Waals surface area contributed by atoms with Crippen LogP contribution in [0, 0.1) is 6.92 Å². The number of carbonyl (C=O) groups excluding carboxylic acids is 1. The molecular weight excluding hydrogens is 354 g/mol. The van der Waals surface area contributed by atoms with Gasteiger partial charge >= 0.3 is 6.09 Å². The first-order valence-electron chi connectivity index (χ1n) is 7.89. The lowest BCUT2D eigenvalue weighted by molar-refractivity contribution is 0.197. The molecule has 0 atom stereocenters. The second kappa shape index (κ2) is 8.41. The predicted molar refractivity (Wildman–Crippen MR) is 98.8 cm³/mol. The van der Waals surface area contributed by atoms with E-state index in [2.05, 4.69) is 15.5 Å². The SMILES string of the molecule is Cc1onc(-c2ccccc2)c1/C=C/c1ncc(OC(=O)NCCO)s1. The number of aliphatic hydroxyl groups is 1. The van der Waals surface area contributed by atoms with Crippen molar-refractivity contribution in [3.8, 4) is 16.3 Å². The topological polar surface area (TPSA) is 97.5 Å². The Morgan fingerprint density at radius 1 is 1.35 bits per heavy atom. The summed E-state index contributed by atoms with van der Waals surface area (Å²) in [5.74, 6) is 0.705. The van der Waals surface area contributed by atoms with Crippen LogP contribution >= 0.6 is 11.3 Å². The molecule has 0 radical (unpaired) electrons. The Morgan fingerprint density at radius 3 is 2.92 bits per heavy atom. The summed E-state index contributed by atoms with van der Waals surface area (Å²) in [5.41, 5.74) is 2.60. The van der Waals surface area contributed by atoms with Crippen LogP contribution in [0.3, 0.4) is 0 Å². The van der Waals surface area contributed by atoms with E-state index in [1.807, 2.05) is 49.4 Å². The number of nitrogens with zero attached hydrogens (tertiary/aromatic N) is 2. The van der Waals surface area contributed by atoms with Crippen LogP contribution in [0.15, 0.2) is 41.1 Å². The molecule has 0 aliphatic heterocycles. The van der Waals surface area contributed by atoms with E-state index in [4.69, 9.17) is 14.4 Å². The van der Waals surface area contributed by atoms with Crippen LogP contribution in [0.4, 0.5) is 4.79 Å². The molecular formula is C18H17N3O4S. The van der Waals surface area contributed by atoms with E-state index in [0.717, 1.165) is 16.8 Å². The highest BCUT2D eigenvalue weighted by molar-refractivity contribution is 7.14. The number of ether oxygens (including phenoxy) is 1. The summed E-state index contributed by atoms with van der Waals surface area (Å²) in [6.07, 6.45) is 4.54. The summed E-state index contributed by atoms with van der Waals surface area (Å²) in [6.45, 7) is 1.84. The van der Waals surface area contributed by atoms with E-state index >= 15 is 0 Å². The van der Waals surface area contributed by atoms with Gasteiger partial charge in [0, 0.05) is 17.7 Å². The Bertz CT molecular complexity index is 902. The molecule has 0 saturated heterocycles. The number of hydrogen-bond donors (Lipinski definition) is 2. The molecule has 2 aromatic heterocycles. The lowest BCUT2D eigenvalue weighted by atomic mass is 10.1. The monoisotopic (exact) mass is 371 g/mol. The van der Waals surface area contributed by atoms with Gasteiger partial charge in [-0.3, -0.25) is 0 Å². The number of hydrogen-bond acceptors (Lipinski definition) is 7. The Hall–Kier alpha value is -2.97. The van der Waals surface area contributed by atoms with Crippen molar-refractivity contribution in [3.05, 3.63) is 52.9 Å². The van der Waals surface area contributed by atoms with E-state index in [9.17, 15) is 4.79 Å². The van der Waals surface area contributed by atoms with Gasteiger partial charge < -0.3 is 19.7 Å². The minimum atomic E-state index is -0.625. The molecule has 0 unspecified atom stereocenters. The first kappa shape index (κ1) is 17.8. The maximum absolute atomic E-state index is 11.5. The highest BCUT2D eigenvalue weighted by atomic mass is 32.1. The molecule has 134 valence electrons. The molecule has 0 aliphatic rings. The third-order valence-corrected chi connectivity index (χ3v) is 4.27. The Labute approximate surface area is 153 Å². The van der Waals surface area contributed by atoms with Crippen molar-refractivity contribution in [1.82, 2.24) is 15.5 Å². The van der Waals surface area contributed by atoms with Crippen molar-refractivity contribution in [2.75, 3.05) is 13.2 Å². The second-order valence-electron chi connectivity index (χ2n) is 5.26. The minimum Gasteiger partial charge on any atom is -0.397 e. The van der Waals surface area contributed by atoms with Crippen LogP contribution < -0.4 is 10.1 Å². The van der Waals surface area contributed by atoms with Gasteiger partial charge in [0.25, 0.3) is 0 Å². The molecule has 1 aromatic carbocycles. The van der Waals surface area contributed by atoms with Crippen molar-refractivity contribution in [2.24, 2.45) is 0 Å². The Balaban J connectivity index is 1.73. The number of aryl methyl sites for hydroxylation is 1. The molecule has 2 N–H and O–H groups in total. The van der Waals surface area contributed by atoms with E-state index in [1.165, 1.54) is 17.5 Å². The largest absolute Gasteiger partial charge is 0.413 e. The number of benzene rings is 1. The van der Waals surface area contributed by atoms with Gasteiger partial charge in [0.15, 0.2) is 0 Å². The van der Waals surface area contributed by atoms with Crippen molar-refractivity contribution in [2.45, 2.75) is 6.92 Å². The number of aromatic nitrogens is 2. The highest BCUT2D eigenvalue weighted by Gasteiger charge is 2.12. The number of rotatable bonds is 6. The van der Waals surface area contributed by atoms with Crippen LogP contribution in [0.25, 0.3) is 23.4 Å². The molecule has 0 fully saturated rings. The summed E-state index contributed by atoms with van der Waals surface area (Å²) < 4.78 is 10.4. The molecule has 0 bridgehead atoms. The maximum atomic E-state index is 11.5. The fourth-order valence-corrected chi connectivity index (χ4v) is 2.89. The standard InChI is InChI=1S/C18H17N3O4S/c1-12-14(17(21-25-12)13-5-3-2-4-6-13)7-8-15-20-11-16(26-15)24-18(23)19-9-10-22/h2-8,11,22H,9-10H2,1H3,(H,19,23)/b8-7+. The molecule has 1 amide bonds. The van der Waals surface area contributed by atoms with Gasteiger partial charge in [0.2, 0.25) is 5.06 Å². The molecule has 2 heterocycles. The van der Waals surface area contributed by atoms with Crippen LogP contribution in [-0.2, 0) is 0 Å². The van der Waals surface area contributed by atoms with E-state index in [1.54, 1.807) is 0 Å². The number of carbonyl (C=O) groups is 1. The normalized spacial score (nSPS) is 11.0. The zero-order valence-corrected chi connectivity index (χ0v) is 14.8. The van der Waals surface area contributed by atoms with Gasteiger partial charge in [0.1, 0.15) is 16.5 Å². The molecule has 0 aliphatic carbocycles. The molecule has 3 rings (SSSR count). The third-order valence-electron chi connectivity index (χ3n) is 3.42. The fourth-order valence-electron chi connectivity index (χ4n) is 2.22. The number of amides is 1. The molecule has 8 heteroatoms. The van der Waals surface area contributed by atoms with Gasteiger partial charge in [-0.05, 0) is 19.1 Å². The van der Waals surface area contributed by atoms with Crippen molar-refractivity contribution in [1.29, 1.82) is 0 Å². The summed E-state index contributed by atoms with van der Waals surface area (Å²) in [4.78, 5) is 15.7. The summed E-state index contributed by atoms with van der Waals surface area (Å²) in [7, 11) is 0. The summed E-state index contributed by atoms with van der Waals surface area (Å²) in [6, 6.07) is 9.77. The average Bonchev–Trinajstić information content (AvgIpc) is 3.25. The molecule has 3 aromatic rings. The van der Waals surface area contributed by atoms with Gasteiger partial charge in [-0.25, -0.2) is 9.78 Å². The Kier molecular flexibility index (Phi) is 5.77. The van der Waals surface area contributed by atoms with Crippen molar-refractivity contribution >= 4 is 29.6 Å². The highest BCUT2D eigenvalue weighted by Crippen LogP contribution is 2.28. The van der Waals surface area contributed by atoms with E-state index in [-0.39, 0.29) is 13.2 Å². The van der Waals surface area contributed by atoms with E-state index in [0.29, 0.717) is 15.8 Å². The van der Waals surface area contributed by atoms with Crippen molar-refractivity contribution < 1.29 is 19.2 Å². The smallest absolute Gasteiger partial charge is 0.397 e. The molecule has 0 spiro atoms. The first-order chi connectivity index (χ1) is 12.7. The zero-order chi connectivity index (χ0) is 18.4. The van der Waals surface area contributed by atoms with Crippen LogP contribution in [-0.4, -0.2) is 34.5 Å². The minimum absolute atomic E-state index is 0.138. The fraction of sp³-hybridized carbons (Fsp3) is 0.167. The van der Waals surface area contributed by atoms with Crippen molar-refractivity contribution in [3.63, 3.8) is 0 Å². The van der Waals surface area contributed by atoms with Gasteiger partial charge in [0.05, 0.1) is 12.8 Å².